The standard InChI is InChI=1S/C17H27N/c1-11-3-6-16-13(7-11)4-5-14-8-12(2)15(10-18)9-17(14)16/h11-17H,3-9H2,1-2H3. The summed E-state index contributed by atoms with van der Waals surface area (Å²) in [6.07, 6.45) is 9.87. The molecule has 0 heterocycles. The van der Waals surface area contributed by atoms with Crippen LogP contribution in [0.3, 0.4) is 0 Å². The van der Waals surface area contributed by atoms with Gasteiger partial charge in [-0.25, -0.2) is 0 Å². The normalized spacial score (nSPS) is 51.9. The lowest BCUT2D eigenvalue weighted by atomic mass is 9.54. The number of hydrogen-bond acceptors (Lipinski definition) is 1. The molecule has 0 saturated heterocycles. The molecular formula is C17H27N. The van der Waals surface area contributed by atoms with Crippen LogP contribution in [-0.4, -0.2) is 0 Å². The van der Waals surface area contributed by atoms with Crippen LogP contribution < -0.4 is 0 Å². The quantitative estimate of drug-likeness (QED) is 0.610. The summed E-state index contributed by atoms with van der Waals surface area (Å²) in [5.74, 6) is 5.79. The number of nitriles is 1. The Hall–Kier alpha value is -0.510. The maximum atomic E-state index is 9.34. The second-order valence-electron chi connectivity index (χ2n) is 7.53. The first-order chi connectivity index (χ1) is 8.69. The van der Waals surface area contributed by atoms with Gasteiger partial charge in [-0.3, -0.25) is 0 Å². The average Bonchev–Trinajstić information content (AvgIpc) is 2.37. The Labute approximate surface area is 112 Å². The van der Waals surface area contributed by atoms with E-state index in [-0.39, 0.29) is 0 Å². The molecule has 100 valence electrons. The lowest BCUT2D eigenvalue weighted by molar-refractivity contribution is -0.00903. The molecular weight excluding hydrogens is 218 g/mol. The van der Waals surface area contributed by atoms with Crippen LogP contribution in [0.4, 0.5) is 0 Å². The van der Waals surface area contributed by atoms with Crippen molar-refractivity contribution in [3.05, 3.63) is 0 Å². The maximum absolute atomic E-state index is 9.34. The van der Waals surface area contributed by atoms with Crippen LogP contribution in [0.15, 0.2) is 0 Å². The molecule has 0 aromatic heterocycles. The van der Waals surface area contributed by atoms with Crippen LogP contribution in [0.25, 0.3) is 0 Å². The summed E-state index contributed by atoms with van der Waals surface area (Å²) < 4.78 is 0. The van der Waals surface area contributed by atoms with E-state index in [9.17, 15) is 5.26 Å². The molecule has 7 atom stereocenters. The number of hydrogen-bond donors (Lipinski definition) is 0. The summed E-state index contributed by atoms with van der Waals surface area (Å²) in [6.45, 7) is 4.74. The predicted octanol–water partition coefficient (Wildman–Crippen LogP) is 4.63. The van der Waals surface area contributed by atoms with Gasteiger partial charge >= 0.3 is 0 Å². The molecule has 7 unspecified atom stereocenters. The highest BCUT2D eigenvalue weighted by Crippen LogP contribution is 2.54. The van der Waals surface area contributed by atoms with Crippen molar-refractivity contribution in [2.24, 2.45) is 41.4 Å². The Morgan fingerprint density at radius 1 is 0.833 bits per heavy atom. The first-order valence-corrected chi connectivity index (χ1v) is 8.08. The molecule has 0 radical (unpaired) electrons. The summed E-state index contributed by atoms with van der Waals surface area (Å²) in [5.41, 5.74) is 0. The van der Waals surface area contributed by atoms with Crippen LogP contribution in [0.5, 0.6) is 0 Å². The van der Waals surface area contributed by atoms with Gasteiger partial charge in [0.15, 0.2) is 0 Å². The first-order valence-electron chi connectivity index (χ1n) is 8.08. The number of rotatable bonds is 0. The third kappa shape index (κ3) is 2.09. The Balaban J connectivity index is 1.75. The highest BCUT2D eigenvalue weighted by molar-refractivity contribution is 5.00. The van der Waals surface area contributed by atoms with E-state index in [1.165, 1.54) is 44.9 Å². The van der Waals surface area contributed by atoms with Crippen molar-refractivity contribution in [1.82, 2.24) is 0 Å². The summed E-state index contributed by atoms with van der Waals surface area (Å²) in [6, 6.07) is 2.59. The van der Waals surface area contributed by atoms with Crippen LogP contribution in [0.1, 0.15) is 58.8 Å². The molecule has 3 aliphatic rings. The molecule has 3 fully saturated rings. The molecule has 18 heavy (non-hydrogen) atoms. The molecule has 3 saturated carbocycles. The molecule has 0 aromatic carbocycles. The van der Waals surface area contributed by atoms with Gasteiger partial charge in [-0.2, -0.15) is 5.26 Å². The smallest absolute Gasteiger partial charge is 0.0658 e. The molecule has 0 N–H and O–H groups in total. The number of fused-ring (bicyclic) bond motifs is 3. The van der Waals surface area contributed by atoms with Gasteiger partial charge < -0.3 is 0 Å². The van der Waals surface area contributed by atoms with E-state index in [2.05, 4.69) is 19.9 Å². The average molecular weight is 245 g/mol. The Kier molecular flexibility index (Phi) is 3.39. The van der Waals surface area contributed by atoms with Gasteiger partial charge in [0.25, 0.3) is 0 Å². The van der Waals surface area contributed by atoms with E-state index in [0.29, 0.717) is 11.8 Å². The summed E-state index contributed by atoms with van der Waals surface area (Å²) in [5, 5.41) is 9.34. The third-order valence-electron chi connectivity index (χ3n) is 6.42. The molecule has 3 aliphatic carbocycles. The molecule has 0 spiro atoms. The maximum Gasteiger partial charge on any atom is 0.0658 e. The zero-order valence-electron chi connectivity index (χ0n) is 11.9. The monoisotopic (exact) mass is 245 g/mol. The van der Waals surface area contributed by atoms with Gasteiger partial charge in [-0.15, -0.1) is 0 Å². The van der Waals surface area contributed by atoms with E-state index < -0.39 is 0 Å². The zero-order valence-corrected chi connectivity index (χ0v) is 11.9. The van der Waals surface area contributed by atoms with Crippen LogP contribution in [0.2, 0.25) is 0 Å². The fraction of sp³-hybridized carbons (Fsp3) is 0.941. The van der Waals surface area contributed by atoms with E-state index in [1.807, 2.05) is 0 Å². The van der Waals surface area contributed by atoms with Crippen molar-refractivity contribution in [3.8, 4) is 6.07 Å². The van der Waals surface area contributed by atoms with E-state index in [0.717, 1.165) is 29.6 Å². The van der Waals surface area contributed by atoms with Gasteiger partial charge in [0, 0.05) is 5.92 Å². The zero-order chi connectivity index (χ0) is 12.7. The van der Waals surface area contributed by atoms with Crippen molar-refractivity contribution in [3.63, 3.8) is 0 Å². The molecule has 0 aromatic rings. The molecule has 1 nitrogen and oxygen atoms in total. The van der Waals surface area contributed by atoms with Gasteiger partial charge in [-0.05, 0) is 74.0 Å². The highest BCUT2D eigenvalue weighted by atomic mass is 14.5. The molecule has 0 aliphatic heterocycles. The van der Waals surface area contributed by atoms with Crippen molar-refractivity contribution < 1.29 is 0 Å². The lowest BCUT2D eigenvalue weighted by Gasteiger charge is -2.51. The SMILES string of the molecule is CC1CCC2C(CCC3CC(C)C(C#N)CC32)C1. The van der Waals surface area contributed by atoms with Crippen molar-refractivity contribution in [2.45, 2.75) is 58.8 Å². The minimum Gasteiger partial charge on any atom is -0.198 e. The molecule has 0 bridgehead atoms. The summed E-state index contributed by atoms with van der Waals surface area (Å²) in [4.78, 5) is 0. The topological polar surface area (TPSA) is 23.8 Å². The summed E-state index contributed by atoms with van der Waals surface area (Å²) >= 11 is 0. The van der Waals surface area contributed by atoms with Crippen molar-refractivity contribution in [1.29, 1.82) is 5.26 Å². The largest absolute Gasteiger partial charge is 0.198 e. The Morgan fingerprint density at radius 2 is 1.56 bits per heavy atom. The van der Waals surface area contributed by atoms with E-state index in [4.69, 9.17) is 0 Å². The second kappa shape index (κ2) is 4.87. The van der Waals surface area contributed by atoms with Gasteiger partial charge in [0.2, 0.25) is 0 Å². The highest BCUT2D eigenvalue weighted by Gasteiger charge is 2.45. The van der Waals surface area contributed by atoms with Gasteiger partial charge in [0.1, 0.15) is 0 Å². The van der Waals surface area contributed by atoms with Crippen molar-refractivity contribution in [2.75, 3.05) is 0 Å². The van der Waals surface area contributed by atoms with Crippen LogP contribution in [0, 0.1) is 52.8 Å². The van der Waals surface area contributed by atoms with Gasteiger partial charge in [-0.1, -0.05) is 20.3 Å². The Bertz CT molecular complexity index is 342. The Morgan fingerprint density at radius 3 is 2.28 bits per heavy atom. The van der Waals surface area contributed by atoms with E-state index in [1.54, 1.807) is 0 Å². The van der Waals surface area contributed by atoms with Crippen LogP contribution in [-0.2, 0) is 0 Å². The third-order valence-corrected chi connectivity index (χ3v) is 6.42. The summed E-state index contributed by atoms with van der Waals surface area (Å²) in [7, 11) is 0. The van der Waals surface area contributed by atoms with Crippen molar-refractivity contribution >= 4 is 0 Å². The first kappa shape index (κ1) is 12.5. The van der Waals surface area contributed by atoms with Gasteiger partial charge in [0.05, 0.1) is 6.07 Å². The van der Waals surface area contributed by atoms with Crippen LogP contribution >= 0.6 is 0 Å². The fourth-order valence-corrected chi connectivity index (χ4v) is 5.42. The lowest BCUT2D eigenvalue weighted by Crippen LogP contribution is -2.43. The molecule has 3 rings (SSSR count). The fourth-order valence-electron chi connectivity index (χ4n) is 5.42. The second-order valence-corrected chi connectivity index (χ2v) is 7.53. The molecule has 0 amide bonds. The minimum atomic E-state index is 0.351. The minimum absolute atomic E-state index is 0.351. The number of nitrogens with zero attached hydrogens (tertiary/aromatic N) is 1. The predicted molar refractivity (Wildman–Crippen MR) is 73.7 cm³/mol. The van der Waals surface area contributed by atoms with E-state index >= 15 is 0 Å². The molecule has 1 heteroatoms.